The summed E-state index contributed by atoms with van der Waals surface area (Å²) in [6, 6.07) is 0. The number of hydrogen-bond acceptors (Lipinski definition) is 5. The van der Waals surface area contributed by atoms with Crippen LogP contribution in [0.15, 0.2) is 0 Å². The second-order valence-electron chi connectivity index (χ2n) is 6.07. The Labute approximate surface area is 127 Å². The molecule has 0 saturated carbocycles. The highest BCUT2D eigenvalue weighted by Crippen LogP contribution is 2.35. The summed E-state index contributed by atoms with van der Waals surface area (Å²) >= 11 is 0. The first-order valence-electron chi connectivity index (χ1n) is 7.68. The lowest BCUT2D eigenvalue weighted by molar-refractivity contribution is -0.148. The van der Waals surface area contributed by atoms with Gasteiger partial charge < -0.3 is 19.7 Å². The van der Waals surface area contributed by atoms with Gasteiger partial charge >= 0.3 is 5.97 Å². The molecule has 1 rings (SSSR count). The molecule has 3 atom stereocenters. The monoisotopic (exact) mass is 303 g/mol. The molecule has 0 aromatic heterocycles. The van der Waals surface area contributed by atoms with Crippen LogP contribution in [0.5, 0.6) is 0 Å². The predicted molar refractivity (Wildman–Crippen MR) is 79.3 cm³/mol. The Balaban J connectivity index is 2.37. The van der Waals surface area contributed by atoms with Gasteiger partial charge in [0.05, 0.1) is 30.8 Å². The highest BCUT2D eigenvalue weighted by Gasteiger charge is 2.44. The molecule has 2 N–H and O–H groups in total. The molecule has 0 spiro atoms. The minimum atomic E-state index is -0.716. The predicted octanol–water partition coefficient (Wildman–Crippen LogP) is 0.976. The highest BCUT2D eigenvalue weighted by molar-refractivity contribution is 5.75. The molecule has 3 unspecified atom stereocenters. The van der Waals surface area contributed by atoms with Crippen molar-refractivity contribution in [2.45, 2.75) is 45.3 Å². The highest BCUT2D eigenvalue weighted by atomic mass is 16.5. The molecule has 124 valence electrons. The molecular formula is C15H29NO5. The van der Waals surface area contributed by atoms with Gasteiger partial charge in [0.1, 0.15) is 0 Å². The maximum absolute atomic E-state index is 11.5. The second kappa shape index (κ2) is 8.68. The summed E-state index contributed by atoms with van der Waals surface area (Å²) < 4.78 is 10.5. The number of aliphatic hydroxyl groups is 1. The Kier molecular flexibility index (Phi) is 7.59. The smallest absolute Gasteiger partial charge is 0.310 e. The molecule has 0 bridgehead atoms. The molecule has 21 heavy (non-hydrogen) atoms. The maximum Gasteiger partial charge on any atom is 0.310 e. The summed E-state index contributed by atoms with van der Waals surface area (Å²) in [5.74, 6) is -0.716. The normalized spacial score (nSPS) is 25.9. The summed E-state index contributed by atoms with van der Waals surface area (Å²) in [5.41, 5.74) is -0.640. The van der Waals surface area contributed by atoms with Gasteiger partial charge in [0, 0.05) is 20.2 Å². The van der Waals surface area contributed by atoms with Gasteiger partial charge in [-0.05, 0) is 26.3 Å². The van der Waals surface area contributed by atoms with E-state index in [-0.39, 0.29) is 12.7 Å². The van der Waals surface area contributed by atoms with Crippen LogP contribution < -0.4 is 0 Å². The standard InChI is InChI=1S/C15H29NO5/c1-4-5-15(14(18)19)6-7-16(11-15)8-13(17)10-21-12(2)9-20-3/h12-13,17H,4-11H2,1-3H3,(H,18,19). The number of rotatable bonds is 10. The first kappa shape index (κ1) is 18.4. The van der Waals surface area contributed by atoms with E-state index in [9.17, 15) is 15.0 Å². The van der Waals surface area contributed by atoms with Crippen molar-refractivity contribution in [3.05, 3.63) is 0 Å². The van der Waals surface area contributed by atoms with Crippen molar-refractivity contribution >= 4 is 5.97 Å². The molecule has 1 heterocycles. The Hall–Kier alpha value is -0.690. The van der Waals surface area contributed by atoms with Crippen LogP contribution in [0.2, 0.25) is 0 Å². The van der Waals surface area contributed by atoms with Crippen LogP contribution in [-0.4, -0.2) is 73.2 Å². The van der Waals surface area contributed by atoms with Crippen molar-refractivity contribution in [2.24, 2.45) is 5.41 Å². The molecule has 1 saturated heterocycles. The molecule has 1 fully saturated rings. The molecule has 1 aliphatic rings. The molecule has 0 amide bonds. The fourth-order valence-electron chi connectivity index (χ4n) is 2.99. The summed E-state index contributed by atoms with van der Waals surface area (Å²) in [7, 11) is 1.61. The van der Waals surface area contributed by atoms with E-state index in [4.69, 9.17) is 9.47 Å². The minimum Gasteiger partial charge on any atom is -0.481 e. The lowest BCUT2D eigenvalue weighted by Crippen LogP contribution is -2.38. The number of β-amino-alcohol motifs (C(OH)–C–C–N with tert-alkyl or cyclic N) is 1. The average Bonchev–Trinajstić information content (AvgIpc) is 2.82. The van der Waals surface area contributed by atoms with E-state index in [0.29, 0.717) is 32.5 Å². The van der Waals surface area contributed by atoms with Gasteiger partial charge in [0.2, 0.25) is 0 Å². The number of carbonyl (C=O) groups is 1. The molecule has 0 aromatic rings. The first-order chi connectivity index (χ1) is 9.93. The number of aliphatic hydroxyl groups excluding tert-OH is 1. The lowest BCUT2D eigenvalue weighted by atomic mass is 9.83. The number of likely N-dealkylation sites (tertiary alicyclic amines) is 1. The summed E-state index contributed by atoms with van der Waals surface area (Å²) in [4.78, 5) is 13.5. The van der Waals surface area contributed by atoms with E-state index < -0.39 is 17.5 Å². The number of nitrogens with zero attached hydrogens (tertiary/aromatic N) is 1. The Morgan fingerprint density at radius 3 is 2.71 bits per heavy atom. The topological polar surface area (TPSA) is 79.2 Å². The SMILES string of the molecule is CCCC1(C(=O)O)CCN(CC(O)COC(C)COC)C1. The van der Waals surface area contributed by atoms with Crippen LogP contribution >= 0.6 is 0 Å². The Bertz CT molecular complexity index is 325. The largest absolute Gasteiger partial charge is 0.481 e. The number of carboxylic acids is 1. The fourth-order valence-corrected chi connectivity index (χ4v) is 2.99. The van der Waals surface area contributed by atoms with Crippen molar-refractivity contribution in [3.63, 3.8) is 0 Å². The third-order valence-electron chi connectivity index (χ3n) is 4.06. The number of methoxy groups -OCH3 is 1. The van der Waals surface area contributed by atoms with E-state index in [0.717, 1.165) is 13.0 Å². The van der Waals surface area contributed by atoms with Crippen LogP contribution in [0.1, 0.15) is 33.1 Å². The van der Waals surface area contributed by atoms with Crippen LogP contribution in [-0.2, 0) is 14.3 Å². The molecule has 0 aromatic carbocycles. The maximum atomic E-state index is 11.5. The molecule has 0 radical (unpaired) electrons. The van der Waals surface area contributed by atoms with Gasteiger partial charge in [-0.2, -0.15) is 0 Å². The lowest BCUT2D eigenvalue weighted by Gasteiger charge is -2.25. The van der Waals surface area contributed by atoms with E-state index in [1.165, 1.54) is 0 Å². The molecule has 1 aliphatic heterocycles. The van der Waals surface area contributed by atoms with Crippen molar-refractivity contribution in [1.82, 2.24) is 4.90 Å². The van der Waals surface area contributed by atoms with Crippen molar-refractivity contribution in [1.29, 1.82) is 0 Å². The summed E-state index contributed by atoms with van der Waals surface area (Å²) in [5, 5.41) is 19.5. The van der Waals surface area contributed by atoms with Crippen LogP contribution in [0.4, 0.5) is 0 Å². The van der Waals surface area contributed by atoms with Gasteiger partial charge in [-0.15, -0.1) is 0 Å². The quantitative estimate of drug-likeness (QED) is 0.626. The van der Waals surface area contributed by atoms with Crippen LogP contribution in [0.3, 0.4) is 0 Å². The number of hydrogen-bond donors (Lipinski definition) is 2. The van der Waals surface area contributed by atoms with E-state index >= 15 is 0 Å². The van der Waals surface area contributed by atoms with Gasteiger partial charge in [0.25, 0.3) is 0 Å². The zero-order chi connectivity index (χ0) is 15.9. The molecule has 0 aliphatic carbocycles. The third kappa shape index (κ3) is 5.54. The number of carboxylic acid groups (broad SMARTS) is 1. The van der Waals surface area contributed by atoms with Crippen molar-refractivity contribution < 1.29 is 24.5 Å². The first-order valence-corrected chi connectivity index (χ1v) is 7.68. The molecule has 6 heteroatoms. The second-order valence-corrected chi connectivity index (χ2v) is 6.07. The Morgan fingerprint density at radius 1 is 1.43 bits per heavy atom. The van der Waals surface area contributed by atoms with Gasteiger partial charge in [-0.25, -0.2) is 0 Å². The Morgan fingerprint density at radius 2 is 2.14 bits per heavy atom. The summed E-state index contributed by atoms with van der Waals surface area (Å²) in [6.07, 6.45) is 1.55. The van der Waals surface area contributed by atoms with Crippen LogP contribution in [0, 0.1) is 5.41 Å². The third-order valence-corrected chi connectivity index (χ3v) is 4.06. The van der Waals surface area contributed by atoms with E-state index in [2.05, 4.69) is 0 Å². The van der Waals surface area contributed by atoms with E-state index in [1.807, 2.05) is 18.7 Å². The zero-order valence-electron chi connectivity index (χ0n) is 13.4. The van der Waals surface area contributed by atoms with E-state index in [1.54, 1.807) is 7.11 Å². The number of aliphatic carboxylic acids is 1. The van der Waals surface area contributed by atoms with Crippen LogP contribution in [0.25, 0.3) is 0 Å². The van der Waals surface area contributed by atoms with Crippen molar-refractivity contribution in [2.75, 3.05) is 40.0 Å². The number of ether oxygens (including phenoxy) is 2. The van der Waals surface area contributed by atoms with Gasteiger partial charge in [0.15, 0.2) is 0 Å². The average molecular weight is 303 g/mol. The zero-order valence-corrected chi connectivity index (χ0v) is 13.4. The fraction of sp³-hybridized carbons (Fsp3) is 0.933. The van der Waals surface area contributed by atoms with Crippen molar-refractivity contribution in [3.8, 4) is 0 Å². The molecular weight excluding hydrogens is 274 g/mol. The van der Waals surface area contributed by atoms with Gasteiger partial charge in [-0.3, -0.25) is 9.69 Å². The molecule has 6 nitrogen and oxygen atoms in total. The minimum absolute atomic E-state index is 0.0542. The van der Waals surface area contributed by atoms with Gasteiger partial charge in [-0.1, -0.05) is 13.3 Å². The summed E-state index contributed by atoms with van der Waals surface area (Å²) in [6.45, 7) is 6.33.